The highest BCUT2D eigenvalue weighted by Crippen LogP contribution is 2.55. The molecule has 7 nitrogen and oxygen atoms in total. The first-order valence-corrected chi connectivity index (χ1v) is 13.9. The molecule has 1 unspecified atom stereocenters. The van der Waals surface area contributed by atoms with Gasteiger partial charge in [0.15, 0.2) is 16.1 Å². The first-order valence-electron chi connectivity index (χ1n) is 12.7. The Kier molecular flexibility index (Phi) is 5.33. The van der Waals surface area contributed by atoms with Crippen molar-refractivity contribution in [1.82, 2.24) is 4.98 Å². The second kappa shape index (κ2) is 8.61. The maximum Gasteiger partial charge on any atom is 0.297 e. The van der Waals surface area contributed by atoms with Gasteiger partial charge in [0, 0.05) is 15.5 Å². The van der Waals surface area contributed by atoms with Gasteiger partial charge in [-0.3, -0.25) is 19.3 Å². The number of fused-ring (bicyclic) bond motifs is 5. The van der Waals surface area contributed by atoms with Crippen LogP contribution >= 0.6 is 22.9 Å². The summed E-state index contributed by atoms with van der Waals surface area (Å²) in [4.78, 5) is 52.1. The van der Waals surface area contributed by atoms with Gasteiger partial charge in [-0.15, -0.1) is 11.3 Å². The highest BCUT2D eigenvalue weighted by Gasteiger charge is 2.66. The minimum atomic E-state index is -1.79. The number of aryl methyl sites for hydroxylation is 3. The molecular weight excluding hydrogens is 546 g/mol. The second-order valence-electron chi connectivity index (χ2n) is 10.1. The molecule has 3 aromatic carbocycles. The molecule has 2 aliphatic heterocycles. The first kappa shape index (κ1) is 24.7. The third-order valence-electron chi connectivity index (χ3n) is 7.88. The molecule has 0 saturated carbocycles. The number of hydrogen-bond donors (Lipinski definition) is 0. The maximum absolute atomic E-state index is 14.9. The van der Waals surface area contributed by atoms with Gasteiger partial charge in [0.2, 0.25) is 5.76 Å². The van der Waals surface area contributed by atoms with Gasteiger partial charge in [-0.05, 0) is 56.2 Å². The number of thiazole rings is 1. The molecule has 2 amide bonds. The van der Waals surface area contributed by atoms with Gasteiger partial charge in [-0.2, -0.15) is 0 Å². The lowest BCUT2D eigenvalue weighted by molar-refractivity contribution is -0.121. The summed E-state index contributed by atoms with van der Waals surface area (Å²) in [6.07, 6.45) is 0. The number of aromatic nitrogens is 1. The van der Waals surface area contributed by atoms with Gasteiger partial charge in [-0.1, -0.05) is 54.1 Å². The van der Waals surface area contributed by atoms with Gasteiger partial charge < -0.3 is 9.32 Å². The Morgan fingerprint density at radius 1 is 0.975 bits per heavy atom. The number of amides is 2. The largest absolute Gasteiger partial charge is 0.450 e. The highest BCUT2D eigenvalue weighted by molar-refractivity contribution is 7.16. The van der Waals surface area contributed by atoms with Crippen molar-refractivity contribution in [2.45, 2.75) is 32.9 Å². The molecule has 1 spiro atoms. The van der Waals surface area contributed by atoms with Crippen molar-refractivity contribution in [1.29, 1.82) is 0 Å². The third-order valence-corrected chi connectivity index (χ3v) is 9.18. The minimum absolute atomic E-state index is 0.0116. The molecule has 2 aromatic heterocycles. The zero-order chi connectivity index (χ0) is 27.9. The fourth-order valence-electron chi connectivity index (χ4n) is 5.80. The summed E-state index contributed by atoms with van der Waals surface area (Å²) in [5, 5.41) is 0.878. The van der Waals surface area contributed by atoms with Crippen molar-refractivity contribution < 1.29 is 14.0 Å². The molecule has 0 aliphatic carbocycles. The summed E-state index contributed by atoms with van der Waals surface area (Å²) in [5.41, 5.74) is 1.82. The van der Waals surface area contributed by atoms with E-state index in [2.05, 4.69) is 4.98 Å². The molecule has 1 atom stereocenters. The predicted octanol–water partition coefficient (Wildman–Crippen LogP) is 6.28. The third kappa shape index (κ3) is 3.17. The van der Waals surface area contributed by atoms with E-state index in [0.717, 1.165) is 21.7 Å². The van der Waals surface area contributed by atoms with Crippen LogP contribution in [0.25, 0.3) is 11.0 Å². The Labute approximate surface area is 238 Å². The van der Waals surface area contributed by atoms with Crippen molar-refractivity contribution in [3.05, 3.63) is 121 Å². The average molecular weight is 568 g/mol. The van der Waals surface area contributed by atoms with Gasteiger partial charge in [0.1, 0.15) is 5.58 Å². The number of para-hydroxylation sites is 1. The van der Waals surface area contributed by atoms with Gasteiger partial charge in [-0.25, -0.2) is 4.98 Å². The summed E-state index contributed by atoms with van der Waals surface area (Å²) >= 11 is 7.56. The van der Waals surface area contributed by atoms with E-state index in [1.807, 2.05) is 63.2 Å². The Bertz CT molecular complexity index is 1960. The molecule has 40 heavy (non-hydrogen) atoms. The fourth-order valence-corrected chi connectivity index (χ4v) is 6.93. The molecule has 0 N–H and O–H groups in total. The Balaban J connectivity index is 1.58. The van der Waals surface area contributed by atoms with Crippen LogP contribution in [0.15, 0.2) is 75.9 Å². The van der Waals surface area contributed by atoms with Crippen LogP contribution in [0.4, 0.5) is 10.8 Å². The van der Waals surface area contributed by atoms with Crippen molar-refractivity contribution in [3.63, 3.8) is 0 Å². The van der Waals surface area contributed by atoms with Crippen molar-refractivity contribution in [3.8, 4) is 0 Å². The molecule has 198 valence electrons. The molecule has 0 bridgehead atoms. The van der Waals surface area contributed by atoms with Crippen LogP contribution in [-0.4, -0.2) is 16.8 Å². The van der Waals surface area contributed by atoms with Gasteiger partial charge >= 0.3 is 0 Å². The molecule has 0 saturated heterocycles. The quantitative estimate of drug-likeness (QED) is 0.256. The molecule has 5 aromatic rings. The second-order valence-corrected chi connectivity index (χ2v) is 11.7. The zero-order valence-corrected chi connectivity index (χ0v) is 23.4. The topological polar surface area (TPSA) is 83.7 Å². The van der Waals surface area contributed by atoms with Crippen LogP contribution in [0.3, 0.4) is 0 Å². The van der Waals surface area contributed by atoms with Crippen LogP contribution in [0.1, 0.15) is 43.4 Å². The molecule has 4 heterocycles. The number of halogens is 1. The van der Waals surface area contributed by atoms with Crippen LogP contribution in [-0.2, 0) is 16.9 Å². The average Bonchev–Trinajstić information content (AvgIpc) is 3.49. The number of rotatable bonds is 3. The predicted molar refractivity (Wildman–Crippen MR) is 155 cm³/mol. The van der Waals surface area contributed by atoms with Crippen LogP contribution in [0, 0.1) is 20.8 Å². The van der Waals surface area contributed by atoms with Crippen molar-refractivity contribution in [2.24, 2.45) is 0 Å². The lowest BCUT2D eigenvalue weighted by atomic mass is 9.84. The van der Waals surface area contributed by atoms with Crippen LogP contribution in [0.2, 0.25) is 5.02 Å². The van der Waals surface area contributed by atoms with Crippen molar-refractivity contribution in [2.75, 3.05) is 9.80 Å². The van der Waals surface area contributed by atoms with E-state index >= 15 is 0 Å². The van der Waals surface area contributed by atoms with E-state index in [9.17, 15) is 14.4 Å². The number of carbonyl (C=O) groups is 2. The summed E-state index contributed by atoms with van der Waals surface area (Å²) in [7, 11) is 0. The van der Waals surface area contributed by atoms with Gasteiger partial charge in [0.25, 0.3) is 11.8 Å². The summed E-state index contributed by atoms with van der Waals surface area (Å²) < 4.78 is 6.12. The molecule has 9 heteroatoms. The Morgan fingerprint density at radius 3 is 2.48 bits per heavy atom. The summed E-state index contributed by atoms with van der Waals surface area (Å²) in [6, 6.07) is 19.8. The number of hydrogen-bond acceptors (Lipinski definition) is 6. The number of benzene rings is 3. The maximum atomic E-state index is 14.9. The SMILES string of the molecule is Cc1ccccc1CN1C(=O)C2(c3ccccc31)c1c(oc3ccc(Cl)cc3c1=O)C(=O)N2c1nc(C)c(C)s1. The first-order chi connectivity index (χ1) is 19.2. The molecule has 0 fully saturated rings. The molecule has 7 rings (SSSR count). The van der Waals surface area contributed by atoms with E-state index in [1.165, 1.54) is 22.3 Å². The highest BCUT2D eigenvalue weighted by atomic mass is 35.5. The van der Waals surface area contributed by atoms with Crippen LogP contribution < -0.4 is 15.2 Å². The monoisotopic (exact) mass is 567 g/mol. The number of anilines is 2. The molecular formula is C31H22ClN3O4S. The van der Waals surface area contributed by atoms with Crippen LogP contribution in [0.5, 0.6) is 0 Å². The number of nitrogens with zero attached hydrogens (tertiary/aromatic N) is 3. The van der Waals surface area contributed by atoms with E-state index in [-0.39, 0.29) is 28.8 Å². The van der Waals surface area contributed by atoms with Gasteiger partial charge in [0.05, 0.1) is 28.9 Å². The fraction of sp³-hybridized carbons (Fsp3) is 0.161. The normalized spacial score (nSPS) is 17.8. The molecule has 2 aliphatic rings. The van der Waals surface area contributed by atoms with E-state index in [0.29, 0.717) is 21.4 Å². The van der Waals surface area contributed by atoms with E-state index in [4.69, 9.17) is 16.0 Å². The smallest absolute Gasteiger partial charge is 0.297 e. The standard InChI is InChI=1S/C31H22ClN3O4S/c1-16-8-4-5-9-19(16)15-34-23-11-7-6-10-22(23)31(29(34)38)25-26(36)21-14-20(32)12-13-24(21)39-27(25)28(37)35(31)30-33-17(2)18(3)40-30/h4-14H,15H2,1-3H3. The summed E-state index contributed by atoms with van der Waals surface area (Å²) in [5.74, 6) is -1.16. The minimum Gasteiger partial charge on any atom is -0.450 e. The lowest BCUT2D eigenvalue weighted by Crippen LogP contribution is -2.53. The number of carbonyl (C=O) groups excluding carboxylic acids is 2. The lowest BCUT2D eigenvalue weighted by Gasteiger charge is -2.32. The Hall–Kier alpha value is -4.27. The van der Waals surface area contributed by atoms with E-state index < -0.39 is 22.8 Å². The Morgan fingerprint density at radius 2 is 1.73 bits per heavy atom. The zero-order valence-electron chi connectivity index (χ0n) is 21.8. The molecule has 0 radical (unpaired) electrons. The van der Waals surface area contributed by atoms with E-state index in [1.54, 1.807) is 23.1 Å². The summed E-state index contributed by atoms with van der Waals surface area (Å²) in [6.45, 7) is 6.02. The van der Waals surface area contributed by atoms with Crippen molar-refractivity contribution >= 4 is 56.5 Å².